The lowest BCUT2D eigenvalue weighted by molar-refractivity contribution is 0.0680. The second kappa shape index (κ2) is 7.40. The highest BCUT2D eigenvalue weighted by molar-refractivity contribution is 6.34. The first kappa shape index (κ1) is 18.3. The van der Waals surface area contributed by atoms with E-state index < -0.39 is 0 Å². The summed E-state index contributed by atoms with van der Waals surface area (Å²) in [6, 6.07) is 5.66. The third kappa shape index (κ3) is 3.30. The van der Waals surface area contributed by atoms with Gasteiger partial charge < -0.3 is 15.5 Å². The minimum Gasteiger partial charge on any atom is -0.336 e. The molecule has 3 fully saturated rings. The fourth-order valence-electron chi connectivity index (χ4n) is 4.02. The molecule has 0 aliphatic carbocycles. The van der Waals surface area contributed by atoms with Gasteiger partial charge in [0.05, 0.1) is 10.6 Å². The minimum absolute atomic E-state index is 0. The molecule has 0 spiro atoms. The summed E-state index contributed by atoms with van der Waals surface area (Å²) in [5, 5.41) is 6.63. The number of urea groups is 1. The summed E-state index contributed by atoms with van der Waals surface area (Å²) in [5.74, 6) is -0.0161. The third-order valence-corrected chi connectivity index (χ3v) is 5.57. The first-order chi connectivity index (χ1) is 11.6. The molecule has 1 aromatic carbocycles. The van der Waals surface area contributed by atoms with Crippen LogP contribution in [0.15, 0.2) is 18.2 Å². The topological polar surface area (TPSA) is 64.7 Å². The van der Waals surface area contributed by atoms with Crippen LogP contribution in [0.2, 0.25) is 5.02 Å². The maximum Gasteiger partial charge on any atom is 0.321 e. The van der Waals surface area contributed by atoms with Crippen LogP contribution in [0.4, 0.5) is 10.5 Å². The van der Waals surface area contributed by atoms with Gasteiger partial charge in [0, 0.05) is 37.4 Å². The molecule has 3 aliphatic heterocycles. The predicted octanol–water partition coefficient (Wildman–Crippen LogP) is 2.26. The Labute approximate surface area is 158 Å². The lowest BCUT2D eigenvalue weighted by Crippen LogP contribution is -2.42. The molecule has 3 aliphatic rings. The lowest BCUT2D eigenvalue weighted by atomic mass is 10.1. The van der Waals surface area contributed by atoms with Gasteiger partial charge >= 0.3 is 6.03 Å². The maximum atomic E-state index is 13.2. The van der Waals surface area contributed by atoms with Crippen molar-refractivity contribution in [1.82, 2.24) is 15.5 Å². The predicted molar refractivity (Wildman–Crippen MR) is 99.9 cm³/mol. The molecule has 0 radical (unpaired) electrons. The fourth-order valence-corrected chi connectivity index (χ4v) is 4.21. The first-order valence-electron chi connectivity index (χ1n) is 8.53. The Hall–Kier alpha value is -1.50. The molecular weight excluding hydrogens is 363 g/mol. The number of rotatable bonds is 2. The highest BCUT2D eigenvalue weighted by Gasteiger charge is 2.39. The number of carbonyl (C=O) groups excluding carboxylic acids is 2. The minimum atomic E-state index is -0.130. The maximum absolute atomic E-state index is 13.2. The number of nitrogens with one attached hydrogen (secondary N) is 2. The van der Waals surface area contributed by atoms with Crippen LogP contribution in [0.3, 0.4) is 0 Å². The Kier molecular flexibility index (Phi) is 5.41. The van der Waals surface area contributed by atoms with Gasteiger partial charge in [0.25, 0.3) is 5.91 Å². The quantitative estimate of drug-likeness (QED) is 0.821. The van der Waals surface area contributed by atoms with E-state index in [9.17, 15) is 9.59 Å². The van der Waals surface area contributed by atoms with E-state index >= 15 is 0 Å². The average molecular weight is 385 g/mol. The number of hydrogen-bond donors (Lipinski definition) is 2. The molecule has 3 amide bonds. The van der Waals surface area contributed by atoms with Crippen molar-refractivity contribution in [2.45, 2.75) is 31.3 Å². The van der Waals surface area contributed by atoms with E-state index in [1.807, 2.05) is 4.90 Å². The Morgan fingerprint density at radius 3 is 2.72 bits per heavy atom. The van der Waals surface area contributed by atoms with Crippen molar-refractivity contribution in [2.75, 3.05) is 31.1 Å². The van der Waals surface area contributed by atoms with Crippen LogP contribution in [0.5, 0.6) is 0 Å². The second-order valence-electron chi connectivity index (χ2n) is 6.64. The van der Waals surface area contributed by atoms with Crippen LogP contribution in [0.25, 0.3) is 0 Å². The van der Waals surface area contributed by atoms with E-state index in [1.165, 1.54) is 0 Å². The van der Waals surface area contributed by atoms with E-state index in [4.69, 9.17) is 11.6 Å². The Bertz CT molecular complexity index is 671. The monoisotopic (exact) mass is 384 g/mol. The van der Waals surface area contributed by atoms with Crippen LogP contribution in [-0.4, -0.2) is 55.1 Å². The number of amides is 3. The van der Waals surface area contributed by atoms with Crippen molar-refractivity contribution in [3.63, 3.8) is 0 Å². The van der Waals surface area contributed by atoms with Crippen molar-refractivity contribution in [3.05, 3.63) is 28.8 Å². The second-order valence-corrected chi connectivity index (χ2v) is 7.05. The van der Waals surface area contributed by atoms with E-state index in [1.54, 1.807) is 23.1 Å². The lowest BCUT2D eigenvalue weighted by Gasteiger charge is -2.28. The zero-order chi connectivity index (χ0) is 16.7. The molecule has 2 N–H and O–H groups in total. The summed E-state index contributed by atoms with van der Waals surface area (Å²) in [4.78, 5) is 28.7. The molecule has 8 heteroatoms. The number of carbonyl (C=O) groups is 2. The van der Waals surface area contributed by atoms with Gasteiger partial charge in [0.15, 0.2) is 0 Å². The molecule has 2 bridgehead atoms. The van der Waals surface area contributed by atoms with Gasteiger partial charge in [-0.15, -0.1) is 12.4 Å². The molecule has 0 saturated carbocycles. The van der Waals surface area contributed by atoms with Crippen molar-refractivity contribution in [2.24, 2.45) is 0 Å². The number of anilines is 1. The molecule has 1 aromatic rings. The number of benzene rings is 1. The van der Waals surface area contributed by atoms with Gasteiger partial charge in [0.1, 0.15) is 0 Å². The molecular formula is C17H22Cl2N4O2. The number of halogens is 2. The molecule has 3 heterocycles. The van der Waals surface area contributed by atoms with Gasteiger partial charge in [-0.3, -0.25) is 9.69 Å². The van der Waals surface area contributed by atoms with Crippen molar-refractivity contribution >= 4 is 41.6 Å². The summed E-state index contributed by atoms with van der Waals surface area (Å²) in [6.07, 6.45) is 3.08. The van der Waals surface area contributed by atoms with E-state index in [2.05, 4.69) is 10.6 Å². The van der Waals surface area contributed by atoms with Crippen molar-refractivity contribution in [1.29, 1.82) is 0 Å². The highest BCUT2D eigenvalue weighted by atomic mass is 35.5. The number of fused-ring (bicyclic) bond motifs is 2. The highest BCUT2D eigenvalue weighted by Crippen LogP contribution is 2.32. The molecule has 4 rings (SSSR count). The molecule has 136 valence electrons. The van der Waals surface area contributed by atoms with Crippen molar-refractivity contribution in [3.8, 4) is 0 Å². The molecule has 6 nitrogen and oxygen atoms in total. The van der Waals surface area contributed by atoms with Crippen LogP contribution in [-0.2, 0) is 0 Å². The Balaban J connectivity index is 0.00000182. The van der Waals surface area contributed by atoms with Gasteiger partial charge in [-0.25, -0.2) is 4.79 Å². The average Bonchev–Trinajstić information content (AvgIpc) is 3.09. The smallest absolute Gasteiger partial charge is 0.321 e. The first-order valence-corrected chi connectivity index (χ1v) is 8.91. The third-order valence-electron chi connectivity index (χ3n) is 5.24. The standard InChI is InChI=1S/C17H21ClN4O2.ClH/c18-15-4-3-12(21-8-7-20-17(21)24)9-14(15)16(23)22-11-1-2-13(22)10-19-6-5-11;/h3-4,9,11,13,19H,1-2,5-8,10H2,(H,20,24);1H. The van der Waals surface area contributed by atoms with Crippen LogP contribution >= 0.6 is 24.0 Å². The molecule has 2 atom stereocenters. The van der Waals surface area contributed by atoms with E-state index in [0.717, 1.165) is 38.0 Å². The normalized spacial score (nSPS) is 25.4. The summed E-state index contributed by atoms with van der Waals surface area (Å²) in [7, 11) is 0. The van der Waals surface area contributed by atoms with Crippen molar-refractivity contribution < 1.29 is 9.59 Å². The SMILES string of the molecule is Cl.O=C1NCCN1c1ccc(Cl)c(C(=O)N2C3CCNCC2CC3)c1. The van der Waals surface area contributed by atoms with Gasteiger partial charge in [-0.1, -0.05) is 11.6 Å². The molecule has 0 aromatic heterocycles. The summed E-state index contributed by atoms with van der Waals surface area (Å²) < 4.78 is 0. The van der Waals surface area contributed by atoms with Crippen LogP contribution in [0, 0.1) is 0 Å². The number of hydrogen-bond acceptors (Lipinski definition) is 3. The largest absolute Gasteiger partial charge is 0.336 e. The Morgan fingerprint density at radius 1 is 1.16 bits per heavy atom. The van der Waals surface area contributed by atoms with Gasteiger partial charge in [0.2, 0.25) is 0 Å². The fraction of sp³-hybridized carbons (Fsp3) is 0.529. The number of nitrogens with zero attached hydrogens (tertiary/aromatic N) is 2. The molecule has 3 saturated heterocycles. The zero-order valence-corrected chi connectivity index (χ0v) is 15.4. The van der Waals surface area contributed by atoms with E-state index in [-0.39, 0.29) is 36.4 Å². The summed E-state index contributed by atoms with van der Waals surface area (Å²) in [5.41, 5.74) is 1.21. The Morgan fingerprint density at radius 2 is 1.96 bits per heavy atom. The molecule has 25 heavy (non-hydrogen) atoms. The van der Waals surface area contributed by atoms with Crippen LogP contribution < -0.4 is 15.5 Å². The van der Waals surface area contributed by atoms with E-state index in [0.29, 0.717) is 23.7 Å². The zero-order valence-electron chi connectivity index (χ0n) is 13.8. The van der Waals surface area contributed by atoms with Gasteiger partial charge in [-0.05, 0) is 44.0 Å². The van der Waals surface area contributed by atoms with Crippen LogP contribution in [0.1, 0.15) is 29.6 Å². The molecule has 2 unspecified atom stereocenters. The summed E-state index contributed by atoms with van der Waals surface area (Å²) in [6.45, 7) is 3.01. The van der Waals surface area contributed by atoms with Gasteiger partial charge in [-0.2, -0.15) is 0 Å². The summed E-state index contributed by atoms with van der Waals surface area (Å²) >= 11 is 6.33.